The standard InChI is InChI=1S/C13H17ClN4S2/c1-2-12-15-13(20-16-12)18-7-5-17(6-8-18)9-10-3-4-11(14)19-10/h3-4H,2,5-9H2,1H3. The van der Waals surface area contributed by atoms with Gasteiger partial charge in [0.2, 0.25) is 5.13 Å². The van der Waals surface area contributed by atoms with Gasteiger partial charge in [0.15, 0.2) is 0 Å². The van der Waals surface area contributed by atoms with Crippen molar-refractivity contribution in [3.05, 3.63) is 27.2 Å². The Morgan fingerprint density at radius 2 is 2.05 bits per heavy atom. The van der Waals surface area contributed by atoms with E-state index >= 15 is 0 Å². The number of hydrogen-bond donors (Lipinski definition) is 0. The molecular weight excluding hydrogens is 312 g/mol. The van der Waals surface area contributed by atoms with Gasteiger partial charge >= 0.3 is 0 Å². The molecule has 0 saturated carbocycles. The summed E-state index contributed by atoms with van der Waals surface area (Å²) in [6.45, 7) is 7.28. The molecule has 0 bridgehead atoms. The topological polar surface area (TPSA) is 32.3 Å². The van der Waals surface area contributed by atoms with Crippen LogP contribution < -0.4 is 4.90 Å². The van der Waals surface area contributed by atoms with E-state index in [0.717, 1.165) is 54.4 Å². The molecule has 0 amide bonds. The summed E-state index contributed by atoms with van der Waals surface area (Å²) in [5.41, 5.74) is 0. The zero-order valence-electron chi connectivity index (χ0n) is 11.4. The third kappa shape index (κ3) is 3.31. The molecule has 108 valence electrons. The third-order valence-electron chi connectivity index (χ3n) is 3.42. The van der Waals surface area contributed by atoms with Gasteiger partial charge in [0.25, 0.3) is 0 Å². The lowest BCUT2D eigenvalue weighted by Gasteiger charge is -2.34. The Labute approximate surface area is 132 Å². The summed E-state index contributed by atoms with van der Waals surface area (Å²) in [6, 6.07) is 4.10. The van der Waals surface area contributed by atoms with E-state index in [1.807, 2.05) is 6.07 Å². The molecule has 1 fully saturated rings. The minimum absolute atomic E-state index is 0.875. The van der Waals surface area contributed by atoms with Gasteiger partial charge in [-0.1, -0.05) is 18.5 Å². The molecule has 1 aliphatic rings. The molecular formula is C13H17ClN4S2. The van der Waals surface area contributed by atoms with Crippen LogP contribution in [0.5, 0.6) is 0 Å². The lowest BCUT2D eigenvalue weighted by Crippen LogP contribution is -2.45. The van der Waals surface area contributed by atoms with Crippen molar-refractivity contribution >= 4 is 39.6 Å². The van der Waals surface area contributed by atoms with Crippen molar-refractivity contribution < 1.29 is 0 Å². The number of rotatable bonds is 4. The van der Waals surface area contributed by atoms with Crippen LogP contribution in [0.1, 0.15) is 17.6 Å². The quantitative estimate of drug-likeness (QED) is 0.863. The third-order valence-corrected chi connectivity index (χ3v) is 5.46. The molecule has 0 unspecified atom stereocenters. The average Bonchev–Trinajstić information content (AvgIpc) is 3.09. The van der Waals surface area contributed by atoms with Crippen LogP contribution in [0.2, 0.25) is 4.34 Å². The minimum Gasteiger partial charge on any atom is -0.344 e. The maximum absolute atomic E-state index is 5.98. The molecule has 2 aromatic rings. The Bertz CT molecular complexity index is 560. The first kappa shape index (κ1) is 14.3. The molecule has 2 aromatic heterocycles. The highest BCUT2D eigenvalue weighted by Crippen LogP contribution is 2.24. The van der Waals surface area contributed by atoms with Crippen LogP contribution in [-0.4, -0.2) is 40.4 Å². The number of aryl methyl sites for hydroxylation is 1. The van der Waals surface area contributed by atoms with Gasteiger partial charge in [0, 0.05) is 55.6 Å². The number of piperazine rings is 1. The first-order chi connectivity index (χ1) is 9.74. The maximum atomic E-state index is 5.98. The smallest absolute Gasteiger partial charge is 0.205 e. The summed E-state index contributed by atoms with van der Waals surface area (Å²) in [7, 11) is 0. The minimum atomic E-state index is 0.875. The number of hydrogen-bond acceptors (Lipinski definition) is 6. The Hall–Kier alpha value is -0.690. The molecule has 0 N–H and O–H groups in total. The SMILES string of the molecule is CCc1nsc(N2CCN(Cc3ccc(Cl)s3)CC2)n1. The summed E-state index contributed by atoms with van der Waals surface area (Å²) >= 11 is 9.17. The Morgan fingerprint density at radius 1 is 1.25 bits per heavy atom. The molecule has 3 rings (SSSR count). The van der Waals surface area contributed by atoms with Crippen LogP contribution in [0, 0.1) is 0 Å². The molecule has 0 aromatic carbocycles. The largest absolute Gasteiger partial charge is 0.344 e. The highest BCUT2D eigenvalue weighted by atomic mass is 35.5. The number of thiophene rings is 1. The molecule has 0 spiro atoms. The summed E-state index contributed by atoms with van der Waals surface area (Å²) < 4.78 is 5.24. The summed E-state index contributed by atoms with van der Waals surface area (Å²) in [4.78, 5) is 10.7. The van der Waals surface area contributed by atoms with Crippen molar-refractivity contribution in [1.29, 1.82) is 0 Å². The number of halogens is 1. The van der Waals surface area contributed by atoms with Gasteiger partial charge in [0.1, 0.15) is 5.82 Å². The molecule has 0 aliphatic carbocycles. The van der Waals surface area contributed by atoms with E-state index in [4.69, 9.17) is 11.6 Å². The maximum Gasteiger partial charge on any atom is 0.205 e. The number of aromatic nitrogens is 2. The van der Waals surface area contributed by atoms with E-state index in [1.54, 1.807) is 11.3 Å². The monoisotopic (exact) mass is 328 g/mol. The molecule has 7 heteroatoms. The average molecular weight is 329 g/mol. The highest BCUT2D eigenvalue weighted by Gasteiger charge is 2.20. The molecule has 4 nitrogen and oxygen atoms in total. The fourth-order valence-electron chi connectivity index (χ4n) is 2.27. The van der Waals surface area contributed by atoms with Crippen molar-refractivity contribution in [2.75, 3.05) is 31.1 Å². The van der Waals surface area contributed by atoms with E-state index in [2.05, 4.69) is 32.1 Å². The zero-order chi connectivity index (χ0) is 13.9. The Morgan fingerprint density at radius 3 is 2.65 bits per heavy atom. The first-order valence-corrected chi connectivity index (χ1v) is 8.75. The van der Waals surface area contributed by atoms with Crippen LogP contribution in [0.3, 0.4) is 0 Å². The van der Waals surface area contributed by atoms with Crippen LogP contribution in [-0.2, 0) is 13.0 Å². The predicted molar refractivity (Wildman–Crippen MR) is 86.1 cm³/mol. The van der Waals surface area contributed by atoms with Crippen molar-refractivity contribution in [3.63, 3.8) is 0 Å². The molecule has 20 heavy (non-hydrogen) atoms. The normalized spacial score (nSPS) is 16.8. The second-order valence-electron chi connectivity index (χ2n) is 4.82. The van der Waals surface area contributed by atoms with Gasteiger partial charge in [-0.3, -0.25) is 4.90 Å². The highest BCUT2D eigenvalue weighted by molar-refractivity contribution is 7.16. The van der Waals surface area contributed by atoms with Gasteiger partial charge in [-0.05, 0) is 12.1 Å². The van der Waals surface area contributed by atoms with Gasteiger partial charge in [-0.2, -0.15) is 4.37 Å². The van der Waals surface area contributed by atoms with E-state index in [0.29, 0.717) is 0 Å². The van der Waals surface area contributed by atoms with Crippen LogP contribution in [0.4, 0.5) is 5.13 Å². The lowest BCUT2D eigenvalue weighted by molar-refractivity contribution is 0.252. The Balaban J connectivity index is 1.54. The van der Waals surface area contributed by atoms with E-state index < -0.39 is 0 Å². The van der Waals surface area contributed by atoms with E-state index in [1.165, 1.54) is 16.4 Å². The molecule has 0 radical (unpaired) electrons. The summed E-state index contributed by atoms with van der Waals surface area (Å²) in [6.07, 6.45) is 0.912. The fourth-order valence-corrected chi connectivity index (χ4v) is 4.20. The lowest BCUT2D eigenvalue weighted by atomic mass is 10.3. The van der Waals surface area contributed by atoms with Crippen LogP contribution >= 0.6 is 34.5 Å². The van der Waals surface area contributed by atoms with Crippen molar-refractivity contribution in [2.24, 2.45) is 0 Å². The zero-order valence-corrected chi connectivity index (χ0v) is 13.8. The van der Waals surface area contributed by atoms with Gasteiger partial charge in [-0.25, -0.2) is 4.98 Å². The second kappa shape index (κ2) is 6.39. The number of nitrogens with zero attached hydrogens (tertiary/aromatic N) is 4. The summed E-state index contributed by atoms with van der Waals surface area (Å²) in [5, 5.41) is 1.07. The molecule has 1 aliphatic heterocycles. The van der Waals surface area contributed by atoms with Crippen molar-refractivity contribution in [1.82, 2.24) is 14.3 Å². The van der Waals surface area contributed by atoms with E-state index in [-0.39, 0.29) is 0 Å². The van der Waals surface area contributed by atoms with Crippen LogP contribution in [0.25, 0.3) is 0 Å². The predicted octanol–water partition coefficient (Wildman–Crippen LogP) is 3.14. The van der Waals surface area contributed by atoms with Crippen molar-refractivity contribution in [3.8, 4) is 0 Å². The Kier molecular flexibility index (Phi) is 4.55. The number of anilines is 1. The van der Waals surface area contributed by atoms with Crippen molar-refractivity contribution in [2.45, 2.75) is 19.9 Å². The molecule has 1 saturated heterocycles. The fraction of sp³-hybridized carbons (Fsp3) is 0.538. The van der Waals surface area contributed by atoms with E-state index in [9.17, 15) is 0 Å². The molecule has 3 heterocycles. The summed E-state index contributed by atoms with van der Waals surface area (Å²) in [5.74, 6) is 0.959. The second-order valence-corrected chi connectivity index (χ2v) is 7.35. The van der Waals surface area contributed by atoms with Crippen LogP contribution in [0.15, 0.2) is 12.1 Å². The molecule has 0 atom stereocenters. The van der Waals surface area contributed by atoms with Gasteiger partial charge in [0.05, 0.1) is 4.34 Å². The van der Waals surface area contributed by atoms with Gasteiger partial charge < -0.3 is 4.90 Å². The first-order valence-electron chi connectivity index (χ1n) is 6.78. The van der Waals surface area contributed by atoms with Gasteiger partial charge in [-0.15, -0.1) is 11.3 Å².